The molecule has 0 aromatic rings. The van der Waals surface area contributed by atoms with Gasteiger partial charge in [0.15, 0.2) is 8.32 Å². The Balaban J connectivity index is 2.15. The van der Waals surface area contributed by atoms with Crippen molar-refractivity contribution in [2.75, 3.05) is 0 Å². The summed E-state index contributed by atoms with van der Waals surface area (Å²) in [6.45, 7) is 14.2. The molecule has 2 bridgehead atoms. The highest BCUT2D eigenvalue weighted by Crippen LogP contribution is 2.45. The molecule has 0 spiro atoms. The zero-order valence-corrected chi connectivity index (χ0v) is 15.3. The van der Waals surface area contributed by atoms with Crippen LogP contribution in [0.5, 0.6) is 0 Å². The number of hydrogen-bond acceptors (Lipinski definition) is 1. The fourth-order valence-electron chi connectivity index (χ4n) is 3.06. The SMILES string of the molecule is CC(C)(C)[Si](C)(C)O[C@H]1CC[C@@]2(C)/C=C\CC/C=C/1C2. The Kier molecular flexibility index (Phi) is 4.37. The Bertz CT molecular complexity index is 414. The van der Waals surface area contributed by atoms with Crippen LogP contribution in [0.1, 0.15) is 59.8 Å². The fourth-order valence-corrected chi connectivity index (χ4v) is 4.39. The number of fused-ring (bicyclic) bond motifs is 2. The summed E-state index contributed by atoms with van der Waals surface area (Å²) in [4.78, 5) is 0. The van der Waals surface area contributed by atoms with Crippen molar-refractivity contribution in [2.45, 2.75) is 84.0 Å². The zero-order chi connectivity index (χ0) is 15.0. The maximum Gasteiger partial charge on any atom is 0.192 e. The lowest BCUT2D eigenvalue weighted by atomic mass is 9.71. The predicted octanol–water partition coefficient (Wildman–Crippen LogP) is 5.84. The topological polar surface area (TPSA) is 9.23 Å². The van der Waals surface area contributed by atoms with E-state index in [2.05, 4.69) is 59.0 Å². The molecule has 1 nitrogen and oxygen atoms in total. The minimum Gasteiger partial charge on any atom is -0.410 e. The van der Waals surface area contributed by atoms with Gasteiger partial charge >= 0.3 is 0 Å². The van der Waals surface area contributed by atoms with Gasteiger partial charge in [-0.25, -0.2) is 0 Å². The second-order valence-electron chi connectivity index (χ2n) is 8.50. The van der Waals surface area contributed by atoms with Crippen molar-refractivity contribution >= 4 is 8.32 Å². The van der Waals surface area contributed by atoms with Crippen LogP contribution in [0.4, 0.5) is 0 Å². The molecule has 2 heteroatoms. The van der Waals surface area contributed by atoms with Crippen molar-refractivity contribution in [1.29, 1.82) is 0 Å². The van der Waals surface area contributed by atoms with Gasteiger partial charge in [-0.2, -0.15) is 0 Å². The van der Waals surface area contributed by atoms with Crippen molar-refractivity contribution in [3.63, 3.8) is 0 Å². The highest BCUT2D eigenvalue weighted by molar-refractivity contribution is 6.74. The number of hydrogen-bond donors (Lipinski definition) is 0. The first-order chi connectivity index (χ1) is 9.13. The molecule has 2 atom stereocenters. The van der Waals surface area contributed by atoms with E-state index < -0.39 is 8.32 Å². The monoisotopic (exact) mass is 292 g/mol. The van der Waals surface area contributed by atoms with E-state index in [0.717, 1.165) is 0 Å². The van der Waals surface area contributed by atoms with Crippen molar-refractivity contribution in [3.05, 3.63) is 23.8 Å². The molecule has 0 N–H and O–H groups in total. The lowest BCUT2D eigenvalue weighted by Crippen LogP contribution is -2.46. The molecule has 0 unspecified atom stereocenters. The summed E-state index contributed by atoms with van der Waals surface area (Å²) in [5.74, 6) is 0. The van der Waals surface area contributed by atoms with E-state index in [1.54, 1.807) is 5.57 Å². The lowest BCUT2D eigenvalue weighted by molar-refractivity contribution is 0.147. The standard InChI is InChI=1S/C18H32OSi/c1-17(2,3)20(5,6)19-16-11-13-18(4)12-9-7-8-10-15(16)14-18/h9-10,12,16H,7-8,11,13-14H2,1-6H3/b12-9-,15-10+/t16-,18+/m0/s1. The number of rotatable bonds is 2. The summed E-state index contributed by atoms with van der Waals surface area (Å²) in [5, 5.41) is 0.301. The van der Waals surface area contributed by atoms with Crippen molar-refractivity contribution in [3.8, 4) is 0 Å². The molecule has 0 radical (unpaired) electrons. The van der Waals surface area contributed by atoms with Gasteiger partial charge in [-0.3, -0.25) is 0 Å². The van der Waals surface area contributed by atoms with Gasteiger partial charge in [0.05, 0.1) is 6.10 Å². The van der Waals surface area contributed by atoms with Crippen LogP contribution < -0.4 is 0 Å². The highest BCUT2D eigenvalue weighted by Gasteiger charge is 2.42. The van der Waals surface area contributed by atoms with Crippen LogP contribution >= 0.6 is 0 Å². The third-order valence-corrected chi connectivity index (χ3v) is 9.99. The van der Waals surface area contributed by atoms with Gasteiger partial charge in [-0.15, -0.1) is 0 Å². The normalized spacial score (nSPS) is 35.7. The Labute approximate surface area is 126 Å². The largest absolute Gasteiger partial charge is 0.410 e. The molecule has 2 aliphatic carbocycles. The summed E-state index contributed by atoms with van der Waals surface area (Å²) < 4.78 is 6.72. The Morgan fingerprint density at radius 2 is 1.95 bits per heavy atom. The first-order valence-corrected chi connectivity index (χ1v) is 11.1. The van der Waals surface area contributed by atoms with E-state index in [1.807, 2.05) is 0 Å². The molecule has 0 saturated heterocycles. The van der Waals surface area contributed by atoms with Gasteiger partial charge in [0.1, 0.15) is 0 Å². The fraction of sp³-hybridized carbons (Fsp3) is 0.778. The van der Waals surface area contributed by atoms with Gasteiger partial charge in [-0.1, -0.05) is 45.9 Å². The van der Waals surface area contributed by atoms with Crippen molar-refractivity contribution < 1.29 is 4.43 Å². The third kappa shape index (κ3) is 3.45. The summed E-state index contributed by atoms with van der Waals surface area (Å²) in [6, 6.07) is 0. The van der Waals surface area contributed by atoms with Crippen LogP contribution in [0.15, 0.2) is 23.8 Å². The molecule has 2 aliphatic rings. The molecule has 1 saturated carbocycles. The quantitative estimate of drug-likeness (QED) is 0.458. The molecule has 0 aliphatic heterocycles. The zero-order valence-electron chi connectivity index (χ0n) is 14.3. The van der Waals surface area contributed by atoms with Gasteiger partial charge in [0.2, 0.25) is 0 Å². The molecule has 2 rings (SSSR count). The second kappa shape index (κ2) is 5.45. The summed E-state index contributed by atoms with van der Waals surface area (Å²) in [6.07, 6.45) is 13.7. The van der Waals surface area contributed by atoms with Crippen molar-refractivity contribution in [1.82, 2.24) is 0 Å². The van der Waals surface area contributed by atoms with Gasteiger partial charge in [0.25, 0.3) is 0 Å². The first-order valence-electron chi connectivity index (χ1n) is 8.17. The lowest BCUT2D eigenvalue weighted by Gasteiger charge is -2.44. The van der Waals surface area contributed by atoms with Crippen molar-refractivity contribution in [2.24, 2.45) is 5.41 Å². The molecule has 0 aromatic carbocycles. The van der Waals surface area contributed by atoms with E-state index in [9.17, 15) is 0 Å². The second-order valence-corrected chi connectivity index (χ2v) is 13.3. The van der Waals surface area contributed by atoms with E-state index in [-0.39, 0.29) is 0 Å². The molecule has 0 aromatic heterocycles. The Hall–Kier alpha value is -0.343. The van der Waals surface area contributed by atoms with Gasteiger partial charge in [-0.05, 0) is 61.2 Å². The number of allylic oxidation sites excluding steroid dienone is 3. The van der Waals surface area contributed by atoms with Crippen LogP contribution in [-0.2, 0) is 4.43 Å². The molecule has 0 amide bonds. The van der Waals surface area contributed by atoms with Crippen LogP contribution in [0.3, 0.4) is 0 Å². The Morgan fingerprint density at radius 1 is 1.25 bits per heavy atom. The molecule has 0 heterocycles. The maximum atomic E-state index is 6.72. The van der Waals surface area contributed by atoms with Gasteiger partial charge < -0.3 is 4.43 Å². The first kappa shape index (κ1) is 16.0. The molecular formula is C18H32OSi. The van der Waals surface area contributed by atoms with Crippen LogP contribution in [0.2, 0.25) is 18.1 Å². The van der Waals surface area contributed by atoms with Gasteiger partial charge in [0, 0.05) is 0 Å². The minimum atomic E-state index is -1.66. The summed E-state index contributed by atoms with van der Waals surface area (Å²) in [5.41, 5.74) is 1.95. The molecule has 114 valence electrons. The van der Waals surface area contributed by atoms with Crippen LogP contribution in [0, 0.1) is 5.41 Å². The predicted molar refractivity (Wildman–Crippen MR) is 90.5 cm³/mol. The average molecular weight is 293 g/mol. The molecular weight excluding hydrogens is 260 g/mol. The van der Waals surface area contributed by atoms with E-state index in [4.69, 9.17) is 4.43 Å². The minimum absolute atomic E-state index is 0.301. The Morgan fingerprint density at radius 3 is 2.60 bits per heavy atom. The third-order valence-electron chi connectivity index (χ3n) is 5.50. The van der Waals surface area contributed by atoms with E-state index in [0.29, 0.717) is 16.6 Å². The van der Waals surface area contributed by atoms with Crippen LogP contribution in [0.25, 0.3) is 0 Å². The van der Waals surface area contributed by atoms with E-state index >= 15 is 0 Å². The summed E-state index contributed by atoms with van der Waals surface area (Å²) in [7, 11) is -1.66. The smallest absolute Gasteiger partial charge is 0.192 e. The summed E-state index contributed by atoms with van der Waals surface area (Å²) >= 11 is 0. The highest BCUT2D eigenvalue weighted by atomic mass is 28.4. The maximum absolute atomic E-state index is 6.72. The van der Waals surface area contributed by atoms with Crippen LogP contribution in [-0.4, -0.2) is 14.4 Å². The molecule has 1 fully saturated rings. The average Bonchev–Trinajstić information content (AvgIpc) is 2.28. The van der Waals surface area contributed by atoms with E-state index in [1.165, 1.54) is 32.1 Å². The molecule has 20 heavy (non-hydrogen) atoms.